The summed E-state index contributed by atoms with van der Waals surface area (Å²) < 4.78 is 5.27. The molecule has 0 aromatic heterocycles. The number of piperidine rings is 1. The van der Waals surface area contributed by atoms with Crippen molar-refractivity contribution < 1.29 is 4.74 Å². The summed E-state index contributed by atoms with van der Waals surface area (Å²) in [6, 6.07) is 0.731. The third-order valence-corrected chi connectivity index (χ3v) is 4.23. The molecule has 2 rings (SSSR count). The molecule has 100 valence electrons. The Labute approximate surface area is 106 Å². The first-order valence-electron chi connectivity index (χ1n) is 7.24. The highest BCUT2D eigenvalue weighted by Gasteiger charge is 2.27. The minimum absolute atomic E-state index is 0.731. The van der Waals surface area contributed by atoms with Gasteiger partial charge in [-0.15, -0.1) is 0 Å². The fourth-order valence-electron chi connectivity index (χ4n) is 2.94. The van der Waals surface area contributed by atoms with E-state index in [1.54, 1.807) is 0 Å². The summed E-state index contributed by atoms with van der Waals surface area (Å²) in [5, 5.41) is 3.67. The third kappa shape index (κ3) is 4.57. The van der Waals surface area contributed by atoms with E-state index in [9.17, 15) is 0 Å². The largest absolute Gasteiger partial charge is 0.384 e. The fourth-order valence-corrected chi connectivity index (χ4v) is 2.94. The number of hydrogen-bond donors (Lipinski definition) is 1. The van der Waals surface area contributed by atoms with Gasteiger partial charge < -0.3 is 15.0 Å². The van der Waals surface area contributed by atoms with Crippen LogP contribution in [0.25, 0.3) is 0 Å². The summed E-state index contributed by atoms with van der Waals surface area (Å²) in [4.78, 5) is 2.60. The summed E-state index contributed by atoms with van der Waals surface area (Å²) in [6.07, 6.45) is 5.56. The predicted molar refractivity (Wildman–Crippen MR) is 71.2 cm³/mol. The van der Waals surface area contributed by atoms with Crippen molar-refractivity contribution in [2.45, 2.75) is 38.6 Å². The van der Waals surface area contributed by atoms with Crippen molar-refractivity contribution in [2.75, 3.05) is 39.9 Å². The third-order valence-electron chi connectivity index (χ3n) is 4.23. The van der Waals surface area contributed by atoms with Crippen LogP contribution in [0.3, 0.4) is 0 Å². The van der Waals surface area contributed by atoms with Gasteiger partial charge in [0, 0.05) is 32.8 Å². The van der Waals surface area contributed by atoms with E-state index >= 15 is 0 Å². The van der Waals surface area contributed by atoms with Gasteiger partial charge in [-0.25, -0.2) is 0 Å². The molecule has 2 atom stereocenters. The van der Waals surface area contributed by atoms with E-state index in [0.29, 0.717) is 0 Å². The molecule has 0 bridgehead atoms. The normalized spacial score (nSPS) is 28.2. The van der Waals surface area contributed by atoms with Crippen LogP contribution in [0.5, 0.6) is 0 Å². The molecule has 0 spiro atoms. The molecule has 1 aliphatic carbocycles. The van der Waals surface area contributed by atoms with E-state index in [1.165, 1.54) is 45.3 Å². The summed E-state index contributed by atoms with van der Waals surface area (Å²) in [7, 11) is 1.82. The van der Waals surface area contributed by atoms with Gasteiger partial charge in [-0.1, -0.05) is 0 Å². The van der Waals surface area contributed by atoms with E-state index in [4.69, 9.17) is 4.74 Å². The van der Waals surface area contributed by atoms with Crippen LogP contribution in [-0.2, 0) is 4.74 Å². The molecule has 2 aliphatic rings. The molecule has 17 heavy (non-hydrogen) atoms. The number of methoxy groups -OCH3 is 1. The maximum Gasteiger partial charge on any atom is 0.0502 e. The molecule has 1 aliphatic heterocycles. The molecule has 3 nitrogen and oxygen atoms in total. The van der Waals surface area contributed by atoms with Crippen molar-refractivity contribution in [1.82, 2.24) is 10.2 Å². The molecular weight excluding hydrogens is 212 g/mol. The summed E-state index contributed by atoms with van der Waals surface area (Å²) in [5.74, 6) is 1.73. The molecule has 3 heteroatoms. The van der Waals surface area contributed by atoms with E-state index in [0.717, 1.165) is 31.0 Å². The van der Waals surface area contributed by atoms with Gasteiger partial charge in [0.1, 0.15) is 0 Å². The molecule has 2 fully saturated rings. The number of nitrogens with zero attached hydrogens (tertiary/aromatic N) is 1. The number of likely N-dealkylation sites (tertiary alicyclic amines) is 1. The molecule has 1 saturated carbocycles. The zero-order valence-corrected chi connectivity index (χ0v) is 11.5. The zero-order valence-electron chi connectivity index (χ0n) is 11.5. The first kappa shape index (κ1) is 13.3. The first-order valence-corrected chi connectivity index (χ1v) is 7.24. The van der Waals surface area contributed by atoms with Crippen LogP contribution in [0.15, 0.2) is 0 Å². The SMILES string of the molecule is COCC1CCCN(CCNC(C)C2CC2)C1. The Morgan fingerprint density at radius 1 is 1.35 bits per heavy atom. The highest BCUT2D eigenvalue weighted by atomic mass is 16.5. The van der Waals surface area contributed by atoms with Crippen molar-refractivity contribution in [3.8, 4) is 0 Å². The number of hydrogen-bond acceptors (Lipinski definition) is 3. The smallest absolute Gasteiger partial charge is 0.0502 e. The number of ether oxygens (including phenoxy) is 1. The van der Waals surface area contributed by atoms with Crippen molar-refractivity contribution >= 4 is 0 Å². The van der Waals surface area contributed by atoms with Gasteiger partial charge >= 0.3 is 0 Å². The lowest BCUT2D eigenvalue weighted by molar-refractivity contribution is 0.0907. The number of nitrogens with one attached hydrogen (secondary N) is 1. The summed E-state index contributed by atoms with van der Waals surface area (Å²) in [6.45, 7) is 8.13. The monoisotopic (exact) mass is 240 g/mol. The van der Waals surface area contributed by atoms with Crippen LogP contribution < -0.4 is 5.32 Å². The van der Waals surface area contributed by atoms with Gasteiger partial charge in [-0.05, 0) is 51.0 Å². The van der Waals surface area contributed by atoms with Crippen molar-refractivity contribution in [3.63, 3.8) is 0 Å². The molecule has 0 radical (unpaired) electrons. The van der Waals surface area contributed by atoms with E-state index in [1.807, 2.05) is 7.11 Å². The Hall–Kier alpha value is -0.120. The Morgan fingerprint density at radius 3 is 2.88 bits per heavy atom. The van der Waals surface area contributed by atoms with E-state index in [-0.39, 0.29) is 0 Å². The minimum Gasteiger partial charge on any atom is -0.384 e. The maximum atomic E-state index is 5.27. The van der Waals surface area contributed by atoms with Crippen LogP contribution in [0.1, 0.15) is 32.6 Å². The predicted octanol–water partition coefficient (Wildman–Crippen LogP) is 1.73. The lowest BCUT2D eigenvalue weighted by Gasteiger charge is -2.32. The molecule has 1 N–H and O–H groups in total. The zero-order chi connectivity index (χ0) is 12.1. The molecule has 0 amide bonds. The van der Waals surface area contributed by atoms with Crippen LogP contribution in [0.2, 0.25) is 0 Å². The van der Waals surface area contributed by atoms with Crippen LogP contribution >= 0.6 is 0 Å². The van der Waals surface area contributed by atoms with Crippen LogP contribution in [0, 0.1) is 11.8 Å². The van der Waals surface area contributed by atoms with Gasteiger partial charge in [0.25, 0.3) is 0 Å². The van der Waals surface area contributed by atoms with Gasteiger partial charge in [0.15, 0.2) is 0 Å². The Bertz CT molecular complexity index is 216. The molecule has 2 unspecified atom stereocenters. The van der Waals surface area contributed by atoms with E-state index in [2.05, 4.69) is 17.1 Å². The van der Waals surface area contributed by atoms with Crippen molar-refractivity contribution in [3.05, 3.63) is 0 Å². The highest BCUT2D eigenvalue weighted by Crippen LogP contribution is 2.32. The van der Waals surface area contributed by atoms with Gasteiger partial charge in [0.05, 0.1) is 6.61 Å². The van der Waals surface area contributed by atoms with Gasteiger partial charge in [-0.3, -0.25) is 0 Å². The van der Waals surface area contributed by atoms with Crippen molar-refractivity contribution in [2.24, 2.45) is 11.8 Å². The molecule has 0 aromatic rings. The lowest BCUT2D eigenvalue weighted by Crippen LogP contribution is -2.42. The molecular formula is C14H28N2O. The van der Waals surface area contributed by atoms with Crippen LogP contribution in [0.4, 0.5) is 0 Å². The Kier molecular flexibility index (Phi) is 5.26. The fraction of sp³-hybridized carbons (Fsp3) is 1.00. The Morgan fingerprint density at radius 2 is 2.18 bits per heavy atom. The average Bonchev–Trinajstić information content (AvgIpc) is 3.14. The van der Waals surface area contributed by atoms with Gasteiger partial charge in [-0.2, -0.15) is 0 Å². The van der Waals surface area contributed by atoms with Crippen molar-refractivity contribution in [1.29, 1.82) is 0 Å². The molecule has 1 saturated heterocycles. The second-order valence-electron chi connectivity index (χ2n) is 5.84. The number of rotatable bonds is 7. The topological polar surface area (TPSA) is 24.5 Å². The maximum absolute atomic E-state index is 5.27. The second-order valence-corrected chi connectivity index (χ2v) is 5.84. The summed E-state index contributed by atoms with van der Waals surface area (Å²) in [5.41, 5.74) is 0. The average molecular weight is 240 g/mol. The lowest BCUT2D eigenvalue weighted by atomic mass is 9.99. The second kappa shape index (κ2) is 6.72. The van der Waals surface area contributed by atoms with Crippen LogP contribution in [-0.4, -0.2) is 50.8 Å². The molecule has 0 aromatic carbocycles. The molecule has 1 heterocycles. The first-order chi connectivity index (χ1) is 8.29. The van der Waals surface area contributed by atoms with E-state index < -0.39 is 0 Å². The highest BCUT2D eigenvalue weighted by molar-refractivity contribution is 4.83. The van der Waals surface area contributed by atoms with Gasteiger partial charge in [0.2, 0.25) is 0 Å². The standard InChI is InChI=1S/C14H28N2O/c1-12(14-5-6-14)15-7-9-16-8-3-4-13(10-16)11-17-2/h12-15H,3-11H2,1-2H3. The minimum atomic E-state index is 0.731. The Balaban J connectivity index is 1.57. The quantitative estimate of drug-likeness (QED) is 0.733. The summed E-state index contributed by atoms with van der Waals surface area (Å²) >= 11 is 0.